The molecule has 0 aromatic heterocycles. The number of anilines is 2. The first-order chi connectivity index (χ1) is 13.1. The summed E-state index contributed by atoms with van der Waals surface area (Å²) in [6.07, 6.45) is -4.13. The van der Waals surface area contributed by atoms with E-state index >= 15 is 0 Å². The predicted molar refractivity (Wildman–Crippen MR) is 101 cm³/mol. The van der Waals surface area contributed by atoms with Crippen LogP contribution in [0.4, 0.5) is 24.5 Å². The summed E-state index contributed by atoms with van der Waals surface area (Å²) in [5.41, 5.74) is 0.158. The van der Waals surface area contributed by atoms with Crippen molar-refractivity contribution in [3.05, 3.63) is 53.6 Å². The van der Waals surface area contributed by atoms with Crippen LogP contribution < -0.4 is 15.0 Å². The van der Waals surface area contributed by atoms with Crippen LogP contribution in [0.1, 0.15) is 29.3 Å². The Morgan fingerprint density at radius 2 is 1.71 bits per heavy atom. The first-order valence-electron chi connectivity index (χ1n) is 8.56. The average molecular weight is 394 g/mol. The van der Waals surface area contributed by atoms with Crippen LogP contribution >= 0.6 is 0 Å². The highest BCUT2D eigenvalue weighted by molar-refractivity contribution is 5.96. The van der Waals surface area contributed by atoms with Crippen molar-refractivity contribution in [2.75, 3.05) is 30.9 Å². The minimum atomic E-state index is -4.52. The van der Waals surface area contributed by atoms with Crippen molar-refractivity contribution in [2.24, 2.45) is 0 Å². The van der Waals surface area contributed by atoms with Gasteiger partial charge < -0.3 is 15.0 Å². The molecule has 1 amide bonds. The smallest absolute Gasteiger partial charge is 0.416 e. The number of benzene rings is 2. The van der Waals surface area contributed by atoms with Gasteiger partial charge in [-0.05, 0) is 42.5 Å². The van der Waals surface area contributed by atoms with Gasteiger partial charge in [0, 0.05) is 26.1 Å². The number of nitrogens with one attached hydrogen (secondary N) is 1. The summed E-state index contributed by atoms with van der Waals surface area (Å²) in [5.74, 6) is -0.235. The molecule has 0 aliphatic heterocycles. The first kappa shape index (κ1) is 21.3. The van der Waals surface area contributed by atoms with Crippen molar-refractivity contribution < 1.29 is 27.5 Å². The monoisotopic (exact) mass is 394 g/mol. The van der Waals surface area contributed by atoms with E-state index in [2.05, 4.69) is 5.32 Å². The number of amides is 1. The summed E-state index contributed by atoms with van der Waals surface area (Å²) in [5, 5.41) is 2.45. The van der Waals surface area contributed by atoms with Gasteiger partial charge in [-0.2, -0.15) is 13.2 Å². The summed E-state index contributed by atoms with van der Waals surface area (Å²) < 4.78 is 44.2. The maximum absolute atomic E-state index is 12.9. The van der Waals surface area contributed by atoms with E-state index in [1.807, 2.05) is 0 Å². The summed E-state index contributed by atoms with van der Waals surface area (Å²) in [4.78, 5) is 25.3. The second-order valence-corrected chi connectivity index (χ2v) is 6.26. The number of carbonyl (C=O) groups is 2. The van der Waals surface area contributed by atoms with Crippen LogP contribution in [-0.4, -0.2) is 32.4 Å². The SMILES string of the molecule is CCC(=O)c1ccc(OCC(=O)Nc2cc(C(F)(F)F)ccc2N(C)C)cc1. The third-order valence-electron chi connectivity index (χ3n) is 3.95. The lowest BCUT2D eigenvalue weighted by Crippen LogP contribution is -2.22. The zero-order valence-electron chi connectivity index (χ0n) is 15.8. The highest BCUT2D eigenvalue weighted by atomic mass is 19.4. The maximum Gasteiger partial charge on any atom is 0.416 e. The van der Waals surface area contributed by atoms with Gasteiger partial charge in [0.05, 0.1) is 16.9 Å². The Morgan fingerprint density at radius 1 is 1.07 bits per heavy atom. The molecule has 0 bridgehead atoms. The largest absolute Gasteiger partial charge is 0.484 e. The fourth-order valence-electron chi connectivity index (χ4n) is 2.48. The quantitative estimate of drug-likeness (QED) is 0.708. The van der Waals surface area contributed by atoms with Crippen LogP contribution in [0.3, 0.4) is 0 Å². The molecule has 0 fully saturated rings. The van der Waals surface area contributed by atoms with E-state index in [-0.39, 0.29) is 18.1 Å². The molecule has 2 rings (SSSR count). The lowest BCUT2D eigenvalue weighted by molar-refractivity contribution is -0.137. The Morgan fingerprint density at radius 3 is 2.25 bits per heavy atom. The molecule has 0 spiro atoms. The molecule has 0 aliphatic rings. The zero-order chi connectivity index (χ0) is 20.9. The molecule has 0 heterocycles. The fraction of sp³-hybridized carbons (Fsp3) is 0.300. The number of hydrogen-bond donors (Lipinski definition) is 1. The molecule has 28 heavy (non-hydrogen) atoms. The minimum Gasteiger partial charge on any atom is -0.484 e. The number of Topliss-reactive ketones (excluding diaryl/α,β-unsaturated/α-hetero) is 1. The molecule has 0 atom stereocenters. The van der Waals surface area contributed by atoms with E-state index in [1.54, 1.807) is 50.2 Å². The average Bonchev–Trinajstić information content (AvgIpc) is 2.65. The van der Waals surface area contributed by atoms with Gasteiger partial charge in [0.25, 0.3) is 5.91 Å². The molecule has 0 aliphatic carbocycles. The predicted octanol–water partition coefficient (Wildman–Crippen LogP) is 4.38. The molecule has 1 N–H and O–H groups in total. The Bertz CT molecular complexity index is 847. The molecule has 0 saturated carbocycles. The number of halogens is 3. The van der Waals surface area contributed by atoms with Crippen LogP contribution in [0.15, 0.2) is 42.5 Å². The molecule has 0 unspecified atom stereocenters. The highest BCUT2D eigenvalue weighted by Gasteiger charge is 2.31. The van der Waals surface area contributed by atoms with E-state index in [1.165, 1.54) is 6.07 Å². The summed E-state index contributed by atoms with van der Waals surface area (Å²) in [6, 6.07) is 9.45. The van der Waals surface area contributed by atoms with Gasteiger partial charge >= 0.3 is 6.18 Å². The molecule has 150 valence electrons. The van der Waals surface area contributed by atoms with Gasteiger partial charge in [-0.1, -0.05) is 6.92 Å². The maximum atomic E-state index is 12.9. The van der Waals surface area contributed by atoms with Gasteiger partial charge in [-0.25, -0.2) is 0 Å². The number of ether oxygens (including phenoxy) is 1. The van der Waals surface area contributed by atoms with E-state index < -0.39 is 17.6 Å². The third kappa shape index (κ3) is 5.48. The number of carbonyl (C=O) groups excluding carboxylic acids is 2. The third-order valence-corrected chi connectivity index (χ3v) is 3.95. The van der Waals surface area contributed by atoms with Crippen LogP contribution in [0.5, 0.6) is 5.75 Å². The van der Waals surface area contributed by atoms with Gasteiger partial charge in [0.1, 0.15) is 5.75 Å². The highest BCUT2D eigenvalue weighted by Crippen LogP contribution is 2.34. The van der Waals surface area contributed by atoms with Crippen molar-refractivity contribution in [1.29, 1.82) is 0 Å². The summed E-state index contributed by atoms with van der Waals surface area (Å²) in [7, 11) is 3.32. The van der Waals surface area contributed by atoms with Crippen LogP contribution in [0.25, 0.3) is 0 Å². The second kappa shape index (κ2) is 8.77. The fourth-order valence-corrected chi connectivity index (χ4v) is 2.48. The zero-order valence-corrected chi connectivity index (χ0v) is 15.8. The molecule has 2 aromatic rings. The van der Waals surface area contributed by atoms with Gasteiger partial charge in [-0.15, -0.1) is 0 Å². The van der Waals surface area contributed by atoms with E-state index in [4.69, 9.17) is 4.74 Å². The Kier molecular flexibility index (Phi) is 6.66. The normalized spacial score (nSPS) is 11.1. The van der Waals surface area contributed by atoms with E-state index in [0.717, 1.165) is 12.1 Å². The molecule has 8 heteroatoms. The van der Waals surface area contributed by atoms with Gasteiger partial charge in [-0.3, -0.25) is 9.59 Å². The second-order valence-electron chi connectivity index (χ2n) is 6.26. The lowest BCUT2D eigenvalue weighted by atomic mass is 10.1. The number of hydrogen-bond acceptors (Lipinski definition) is 4. The van der Waals surface area contributed by atoms with E-state index in [9.17, 15) is 22.8 Å². The summed E-state index contributed by atoms with van der Waals surface area (Å²) in [6.45, 7) is 1.37. The van der Waals surface area contributed by atoms with Gasteiger partial charge in [0.15, 0.2) is 12.4 Å². The first-order valence-corrected chi connectivity index (χ1v) is 8.56. The van der Waals surface area contributed by atoms with Crippen LogP contribution in [-0.2, 0) is 11.0 Å². The van der Waals surface area contributed by atoms with Crippen molar-refractivity contribution in [3.63, 3.8) is 0 Å². The summed E-state index contributed by atoms with van der Waals surface area (Å²) >= 11 is 0. The lowest BCUT2D eigenvalue weighted by Gasteiger charge is -2.20. The molecule has 0 radical (unpaired) electrons. The van der Waals surface area contributed by atoms with Crippen LogP contribution in [0, 0.1) is 0 Å². The van der Waals surface area contributed by atoms with E-state index in [0.29, 0.717) is 23.4 Å². The Labute approximate surface area is 161 Å². The number of ketones is 1. The standard InChI is InChI=1S/C20H21F3N2O3/c1-4-18(26)13-5-8-15(9-6-13)28-12-19(27)24-16-11-14(20(21,22)23)7-10-17(16)25(2)3/h5-11H,4,12H2,1-3H3,(H,24,27). The van der Waals surface area contributed by atoms with Crippen molar-refractivity contribution >= 4 is 23.1 Å². The molecule has 0 saturated heterocycles. The topological polar surface area (TPSA) is 58.6 Å². The Hall–Kier alpha value is -3.03. The van der Waals surface area contributed by atoms with Crippen molar-refractivity contribution in [3.8, 4) is 5.75 Å². The molecular formula is C20H21F3N2O3. The molecule has 5 nitrogen and oxygen atoms in total. The van der Waals surface area contributed by atoms with Crippen LogP contribution in [0.2, 0.25) is 0 Å². The number of alkyl halides is 3. The molecule has 2 aromatic carbocycles. The molecular weight excluding hydrogens is 373 g/mol. The Balaban J connectivity index is 2.07. The van der Waals surface area contributed by atoms with Crippen molar-refractivity contribution in [2.45, 2.75) is 19.5 Å². The van der Waals surface area contributed by atoms with Crippen molar-refractivity contribution in [1.82, 2.24) is 0 Å². The van der Waals surface area contributed by atoms with Gasteiger partial charge in [0.2, 0.25) is 0 Å². The minimum absolute atomic E-state index is 0.00921. The number of nitrogens with zero attached hydrogens (tertiary/aromatic N) is 1. The number of rotatable bonds is 7.